The molecule has 1 aromatic carbocycles. The van der Waals surface area contributed by atoms with Crippen molar-refractivity contribution in [3.63, 3.8) is 0 Å². The number of carbonyl (C=O) groups is 1. The van der Waals surface area contributed by atoms with Crippen molar-refractivity contribution in [3.05, 3.63) is 33.9 Å². The molecule has 1 fully saturated rings. The van der Waals surface area contributed by atoms with Crippen LogP contribution in [0.1, 0.15) is 36.0 Å². The number of benzene rings is 1. The number of nitro benzene ring substituents is 1. The summed E-state index contributed by atoms with van der Waals surface area (Å²) < 4.78 is 0. The van der Waals surface area contributed by atoms with Gasteiger partial charge in [-0.05, 0) is 25.0 Å². The number of aliphatic hydroxyl groups is 1. The molecule has 1 aliphatic carbocycles. The van der Waals surface area contributed by atoms with Gasteiger partial charge in [0.05, 0.1) is 17.1 Å². The minimum Gasteiger partial charge on any atom is -0.477 e. The van der Waals surface area contributed by atoms with E-state index in [4.69, 9.17) is 5.11 Å². The number of hydrogen-bond donors (Lipinski definition) is 3. The fraction of sp³-hybridized carbons (Fsp3) is 0.462. The summed E-state index contributed by atoms with van der Waals surface area (Å²) in [6, 6.07) is 3.83. The van der Waals surface area contributed by atoms with E-state index in [9.17, 15) is 20.0 Å². The highest BCUT2D eigenvalue weighted by Gasteiger charge is 2.28. The summed E-state index contributed by atoms with van der Waals surface area (Å²) >= 11 is 0. The van der Waals surface area contributed by atoms with Crippen molar-refractivity contribution in [2.45, 2.75) is 37.8 Å². The smallest absolute Gasteiger partial charge is 0.342 e. The van der Waals surface area contributed by atoms with Crippen LogP contribution in [-0.2, 0) is 0 Å². The van der Waals surface area contributed by atoms with Gasteiger partial charge in [-0.1, -0.05) is 18.9 Å². The van der Waals surface area contributed by atoms with Gasteiger partial charge in [-0.3, -0.25) is 10.1 Å². The molecule has 0 amide bonds. The first-order chi connectivity index (χ1) is 9.50. The van der Waals surface area contributed by atoms with Crippen LogP contribution in [0.15, 0.2) is 18.2 Å². The molecule has 1 saturated carbocycles. The maximum atomic E-state index is 11.1. The third-order valence-corrected chi connectivity index (χ3v) is 3.52. The number of para-hydroxylation sites is 1. The summed E-state index contributed by atoms with van der Waals surface area (Å²) in [5.74, 6) is -1.34. The average Bonchev–Trinajstić information content (AvgIpc) is 2.40. The number of aliphatic hydroxyl groups excluding tert-OH is 1. The van der Waals surface area contributed by atoms with Crippen molar-refractivity contribution in [2.75, 3.05) is 5.32 Å². The van der Waals surface area contributed by atoms with Gasteiger partial charge in [0.25, 0.3) is 0 Å². The minimum absolute atomic E-state index is 0.140. The lowest BCUT2D eigenvalue weighted by Gasteiger charge is -2.29. The van der Waals surface area contributed by atoms with E-state index >= 15 is 0 Å². The Kier molecular flexibility index (Phi) is 4.19. The predicted octanol–water partition coefficient (Wildman–Crippen LogP) is 2.01. The SMILES string of the molecule is O=C(O)c1cccc(NC2CCCCC2O)c1[N+](=O)[O-]. The summed E-state index contributed by atoms with van der Waals surface area (Å²) in [6.45, 7) is 0. The number of carboxylic acid groups (broad SMARTS) is 1. The van der Waals surface area contributed by atoms with Gasteiger partial charge in [0, 0.05) is 0 Å². The maximum absolute atomic E-state index is 11.1. The largest absolute Gasteiger partial charge is 0.477 e. The molecule has 0 spiro atoms. The zero-order valence-corrected chi connectivity index (χ0v) is 10.8. The number of anilines is 1. The van der Waals surface area contributed by atoms with Crippen molar-refractivity contribution < 1.29 is 19.9 Å². The second-order valence-corrected chi connectivity index (χ2v) is 4.87. The molecule has 2 unspecified atom stereocenters. The number of nitrogens with one attached hydrogen (secondary N) is 1. The van der Waals surface area contributed by atoms with Crippen molar-refractivity contribution in [3.8, 4) is 0 Å². The molecule has 3 N–H and O–H groups in total. The Bertz CT molecular complexity index is 531. The Balaban J connectivity index is 2.33. The van der Waals surface area contributed by atoms with E-state index in [-0.39, 0.29) is 17.3 Å². The van der Waals surface area contributed by atoms with Crippen LogP contribution in [0.2, 0.25) is 0 Å². The molecule has 2 atom stereocenters. The highest BCUT2D eigenvalue weighted by molar-refractivity contribution is 5.95. The topological polar surface area (TPSA) is 113 Å². The highest BCUT2D eigenvalue weighted by atomic mass is 16.6. The van der Waals surface area contributed by atoms with Crippen LogP contribution in [0.3, 0.4) is 0 Å². The zero-order chi connectivity index (χ0) is 14.7. The molecular formula is C13H16N2O5. The summed E-state index contributed by atoms with van der Waals surface area (Å²) in [5, 5.41) is 32.9. The van der Waals surface area contributed by atoms with Gasteiger partial charge >= 0.3 is 11.7 Å². The number of rotatable bonds is 4. The third kappa shape index (κ3) is 2.88. The molecule has 0 heterocycles. The molecular weight excluding hydrogens is 264 g/mol. The Morgan fingerprint density at radius 2 is 2.05 bits per heavy atom. The second kappa shape index (κ2) is 5.87. The van der Waals surface area contributed by atoms with Crippen LogP contribution in [0, 0.1) is 10.1 Å². The van der Waals surface area contributed by atoms with Crippen LogP contribution >= 0.6 is 0 Å². The van der Waals surface area contributed by atoms with Gasteiger partial charge in [-0.25, -0.2) is 4.79 Å². The number of aromatic carboxylic acids is 1. The van der Waals surface area contributed by atoms with Crippen molar-refractivity contribution in [1.29, 1.82) is 0 Å². The molecule has 2 rings (SSSR count). The minimum atomic E-state index is -1.34. The molecule has 7 nitrogen and oxygen atoms in total. The first kappa shape index (κ1) is 14.3. The Hall–Kier alpha value is -2.15. The van der Waals surface area contributed by atoms with E-state index in [1.807, 2.05) is 0 Å². The van der Waals surface area contributed by atoms with Crippen LogP contribution in [0.25, 0.3) is 0 Å². The van der Waals surface area contributed by atoms with Gasteiger partial charge in [-0.2, -0.15) is 0 Å². The molecule has 20 heavy (non-hydrogen) atoms. The first-order valence-electron chi connectivity index (χ1n) is 6.46. The fourth-order valence-corrected chi connectivity index (χ4v) is 2.51. The molecule has 0 bridgehead atoms. The van der Waals surface area contributed by atoms with Gasteiger partial charge < -0.3 is 15.5 Å². The molecule has 7 heteroatoms. The van der Waals surface area contributed by atoms with Gasteiger partial charge in [0.1, 0.15) is 11.3 Å². The van der Waals surface area contributed by atoms with Crippen LogP contribution in [0.4, 0.5) is 11.4 Å². The van der Waals surface area contributed by atoms with E-state index in [1.165, 1.54) is 18.2 Å². The molecule has 0 aromatic heterocycles. The van der Waals surface area contributed by atoms with Crippen LogP contribution in [0.5, 0.6) is 0 Å². The summed E-state index contributed by atoms with van der Waals surface area (Å²) in [4.78, 5) is 21.5. The summed E-state index contributed by atoms with van der Waals surface area (Å²) in [5.41, 5.74) is -0.677. The highest BCUT2D eigenvalue weighted by Crippen LogP contribution is 2.31. The Morgan fingerprint density at radius 3 is 2.65 bits per heavy atom. The third-order valence-electron chi connectivity index (χ3n) is 3.52. The first-order valence-corrected chi connectivity index (χ1v) is 6.46. The lowest BCUT2D eigenvalue weighted by Crippen LogP contribution is -2.36. The maximum Gasteiger partial charge on any atom is 0.342 e. The molecule has 108 valence electrons. The quantitative estimate of drug-likeness (QED) is 0.574. The van der Waals surface area contributed by atoms with E-state index in [1.54, 1.807) is 0 Å². The van der Waals surface area contributed by atoms with E-state index in [0.717, 1.165) is 12.8 Å². The second-order valence-electron chi connectivity index (χ2n) is 4.87. The Labute approximate surface area is 115 Å². The van der Waals surface area contributed by atoms with Gasteiger partial charge in [0.2, 0.25) is 0 Å². The number of nitro groups is 1. The zero-order valence-electron chi connectivity index (χ0n) is 10.8. The fourth-order valence-electron chi connectivity index (χ4n) is 2.51. The average molecular weight is 280 g/mol. The van der Waals surface area contributed by atoms with Crippen LogP contribution < -0.4 is 5.32 Å². The molecule has 0 radical (unpaired) electrons. The normalized spacial score (nSPS) is 22.2. The van der Waals surface area contributed by atoms with Crippen molar-refractivity contribution in [1.82, 2.24) is 0 Å². The van der Waals surface area contributed by atoms with E-state index in [2.05, 4.69) is 5.32 Å². The monoisotopic (exact) mass is 280 g/mol. The molecule has 1 aliphatic rings. The lowest BCUT2D eigenvalue weighted by atomic mass is 9.92. The number of carboxylic acids is 1. The van der Waals surface area contributed by atoms with Gasteiger partial charge in [0.15, 0.2) is 0 Å². The lowest BCUT2D eigenvalue weighted by molar-refractivity contribution is -0.384. The summed E-state index contributed by atoms with van der Waals surface area (Å²) in [7, 11) is 0. The molecule has 0 aliphatic heterocycles. The van der Waals surface area contributed by atoms with Crippen LogP contribution in [-0.4, -0.2) is 33.3 Å². The van der Waals surface area contributed by atoms with Gasteiger partial charge in [-0.15, -0.1) is 0 Å². The van der Waals surface area contributed by atoms with Crippen molar-refractivity contribution in [2.24, 2.45) is 0 Å². The van der Waals surface area contributed by atoms with E-state index < -0.39 is 22.7 Å². The standard InChI is InChI=1S/C13H16N2O5/c16-11-7-2-1-5-9(11)14-10-6-3-4-8(13(17)18)12(10)15(19)20/h3-4,6,9,11,14,16H,1-2,5,7H2,(H,17,18). The number of hydrogen-bond acceptors (Lipinski definition) is 5. The predicted molar refractivity (Wildman–Crippen MR) is 71.9 cm³/mol. The summed E-state index contributed by atoms with van der Waals surface area (Å²) in [6.07, 6.45) is 2.63. The van der Waals surface area contributed by atoms with Crippen molar-refractivity contribution >= 4 is 17.3 Å². The molecule has 0 saturated heterocycles. The Morgan fingerprint density at radius 1 is 1.35 bits per heavy atom. The van der Waals surface area contributed by atoms with E-state index in [0.29, 0.717) is 12.8 Å². The molecule has 1 aromatic rings. The number of nitrogens with zero attached hydrogens (tertiary/aromatic N) is 1.